The number of carbonyl (C=O) groups excluding carboxylic acids is 1. The second kappa shape index (κ2) is 8.28. The lowest BCUT2D eigenvalue weighted by Gasteiger charge is -2.31. The minimum atomic E-state index is -0.488. The Morgan fingerprint density at radius 1 is 1.03 bits per heavy atom. The maximum absolute atomic E-state index is 14.5. The molecule has 0 saturated carbocycles. The van der Waals surface area contributed by atoms with Crippen LogP contribution in [0.1, 0.15) is 28.4 Å². The zero-order valence-corrected chi connectivity index (χ0v) is 19.0. The number of amides is 2. The SMILES string of the molecule is Cc1cccc(C2c3cccn3-c3ccccc3CN2C(=O)Nc2ccc(Br)cc2F)c1. The van der Waals surface area contributed by atoms with E-state index in [9.17, 15) is 9.18 Å². The number of halogens is 2. The molecule has 4 nitrogen and oxygen atoms in total. The molecule has 1 N–H and O–H groups in total. The smallest absolute Gasteiger partial charge is 0.318 e. The second-order valence-electron chi connectivity index (χ2n) is 7.93. The predicted molar refractivity (Wildman–Crippen MR) is 127 cm³/mol. The van der Waals surface area contributed by atoms with E-state index in [1.807, 2.05) is 61.7 Å². The summed E-state index contributed by atoms with van der Waals surface area (Å²) in [5.41, 5.74) is 5.30. The molecule has 6 heteroatoms. The van der Waals surface area contributed by atoms with Gasteiger partial charge in [-0.05, 0) is 54.4 Å². The number of rotatable bonds is 2. The summed E-state index contributed by atoms with van der Waals surface area (Å²) in [6, 6.07) is 24.2. The number of nitrogens with zero attached hydrogens (tertiary/aromatic N) is 2. The van der Waals surface area contributed by atoms with Crippen molar-refractivity contribution in [2.45, 2.75) is 19.5 Å². The summed E-state index contributed by atoms with van der Waals surface area (Å²) in [6.45, 7) is 2.43. The van der Waals surface area contributed by atoms with E-state index in [0.717, 1.165) is 28.1 Å². The van der Waals surface area contributed by atoms with Crippen molar-refractivity contribution in [3.8, 4) is 5.69 Å². The molecule has 0 saturated heterocycles. The molecule has 0 spiro atoms. The van der Waals surface area contributed by atoms with Gasteiger partial charge in [0.15, 0.2) is 0 Å². The third-order valence-corrected chi connectivity index (χ3v) is 6.25. The number of carbonyl (C=O) groups is 1. The highest BCUT2D eigenvalue weighted by Gasteiger charge is 2.33. The third-order valence-electron chi connectivity index (χ3n) is 5.76. The number of aromatic nitrogens is 1. The zero-order valence-electron chi connectivity index (χ0n) is 17.4. The van der Waals surface area contributed by atoms with E-state index >= 15 is 0 Å². The molecule has 2 heterocycles. The molecule has 1 aromatic heterocycles. The quantitative estimate of drug-likeness (QED) is 0.329. The normalized spacial score (nSPS) is 15.0. The summed E-state index contributed by atoms with van der Waals surface area (Å²) in [5, 5.41) is 2.78. The largest absolute Gasteiger partial charge is 0.323 e. The number of anilines is 1. The number of hydrogen-bond acceptors (Lipinski definition) is 1. The standard InChI is InChI=1S/C26H21BrFN3O/c1-17-6-4-8-18(14-17)25-24-10-5-13-30(24)23-9-3-2-7-19(23)16-31(25)26(32)29-22-12-11-20(27)15-21(22)28/h2-15,25H,16H2,1H3,(H,29,32). The van der Waals surface area contributed by atoms with Crippen molar-refractivity contribution in [2.75, 3.05) is 5.32 Å². The van der Waals surface area contributed by atoms with Crippen molar-refractivity contribution in [3.05, 3.63) is 118 Å². The van der Waals surface area contributed by atoms with Gasteiger partial charge in [-0.3, -0.25) is 0 Å². The second-order valence-corrected chi connectivity index (χ2v) is 8.85. The Labute approximate surface area is 194 Å². The molecule has 0 radical (unpaired) electrons. The molecule has 1 unspecified atom stereocenters. The minimum Gasteiger partial charge on any atom is -0.318 e. The zero-order chi connectivity index (χ0) is 22.2. The Kier molecular flexibility index (Phi) is 5.31. The van der Waals surface area contributed by atoms with E-state index in [1.165, 1.54) is 6.07 Å². The van der Waals surface area contributed by atoms with E-state index in [4.69, 9.17) is 0 Å². The van der Waals surface area contributed by atoms with Crippen LogP contribution < -0.4 is 5.32 Å². The van der Waals surface area contributed by atoms with Crippen molar-refractivity contribution in [1.82, 2.24) is 9.47 Å². The van der Waals surface area contributed by atoms with E-state index in [-0.39, 0.29) is 17.8 Å². The predicted octanol–water partition coefficient (Wildman–Crippen LogP) is 6.82. The van der Waals surface area contributed by atoms with Crippen LogP contribution in [-0.2, 0) is 6.54 Å². The first-order valence-corrected chi connectivity index (χ1v) is 11.2. The fourth-order valence-electron chi connectivity index (χ4n) is 4.31. The summed E-state index contributed by atoms with van der Waals surface area (Å²) < 4.78 is 17.2. The summed E-state index contributed by atoms with van der Waals surface area (Å²) in [6.07, 6.45) is 2.02. The Hall–Kier alpha value is -3.38. The van der Waals surface area contributed by atoms with E-state index in [0.29, 0.717) is 11.0 Å². The molecular weight excluding hydrogens is 469 g/mol. The van der Waals surface area contributed by atoms with Crippen LogP contribution in [0.2, 0.25) is 0 Å². The van der Waals surface area contributed by atoms with Gasteiger partial charge in [0.05, 0.1) is 24.0 Å². The van der Waals surface area contributed by atoms with E-state index in [1.54, 1.807) is 17.0 Å². The van der Waals surface area contributed by atoms with Gasteiger partial charge < -0.3 is 14.8 Å². The Bertz CT molecular complexity index is 1320. The number of hydrogen-bond donors (Lipinski definition) is 1. The first-order valence-electron chi connectivity index (χ1n) is 10.4. The van der Waals surface area contributed by atoms with Crippen LogP contribution in [0, 0.1) is 12.7 Å². The number of urea groups is 1. The lowest BCUT2D eigenvalue weighted by Crippen LogP contribution is -2.38. The fourth-order valence-corrected chi connectivity index (χ4v) is 4.64. The van der Waals surface area contributed by atoms with Gasteiger partial charge in [-0.2, -0.15) is 0 Å². The molecule has 0 fully saturated rings. The monoisotopic (exact) mass is 489 g/mol. The van der Waals surface area contributed by atoms with E-state index < -0.39 is 5.82 Å². The molecule has 0 bridgehead atoms. The van der Waals surface area contributed by atoms with Gasteiger partial charge in [-0.25, -0.2) is 9.18 Å². The molecule has 1 aliphatic rings. The molecule has 4 aromatic rings. The van der Waals surface area contributed by atoms with Crippen molar-refractivity contribution in [1.29, 1.82) is 0 Å². The van der Waals surface area contributed by atoms with Crippen LogP contribution in [-0.4, -0.2) is 15.5 Å². The molecular formula is C26H21BrFN3O. The molecule has 160 valence electrons. The molecule has 0 aliphatic carbocycles. The van der Waals surface area contributed by atoms with Gasteiger partial charge in [0.1, 0.15) is 5.82 Å². The maximum Gasteiger partial charge on any atom is 0.323 e. The highest BCUT2D eigenvalue weighted by molar-refractivity contribution is 9.10. The summed E-state index contributed by atoms with van der Waals surface area (Å²) in [5.74, 6) is -0.488. The fraction of sp³-hybridized carbons (Fsp3) is 0.115. The van der Waals surface area contributed by atoms with Gasteiger partial charge in [0.2, 0.25) is 0 Å². The summed E-state index contributed by atoms with van der Waals surface area (Å²) in [7, 11) is 0. The summed E-state index contributed by atoms with van der Waals surface area (Å²) >= 11 is 3.26. The number of fused-ring (bicyclic) bond motifs is 3. The number of nitrogens with one attached hydrogen (secondary N) is 1. The van der Waals surface area contributed by atoms with Crippen LogP contribution in [0.25, 0.3) is 5.69 Å². The van der Waals surface area contributed by atoms with Crippen molar-refractivity contribution in [2.24, 2.45) is 0 Å². The van der Waals surface area contributed by atoms with Crippen LogP contribution >= 0.6 is 15.9 Å². The van der Waals surface area contributed by atoms with Crippen molar-refractivity contribution >= 4 is 27.6 Å². The Balaban J connectivity index is 1.64. The van der Waals surface area contributed by atoms with E-state index in [2.05, 4.69) is 37.9 Å². The third kappa shape index (κ3) is 3.71. The molecule has 2 amide bonds. The Morgan fingerprint density at radius 3 is 2.69 bits per heavy atom. The highest BCUT2D eigenvalue weighted by Crippen LogP contribution is 2.37. The Morgan fingerprint density at radius 2 is 1.88 bits per heavy atom. The number of para-hydroxylation sites is 1. The first kappa shape index (κ1) is 20.5. The van der Waals surface area contributed by atoms with Crippen LogP contribution in [0.5, 0.6) is 0 Å². The number of aryl methyl sites for hydroxylation is 1. The molecule has 5 rings (SSSR count). The van der Waals surface area contributed by atoms with Crippen molar-refractivity contribution < 1.29 is 9.18 Å². The first-order chi connectivity index (χ1) is 15.5. The van der Waals surface area contributed by atoms with Crippen molar-refractivity contribution in [3.63, 3.8) is 0 Å². The summed E-state index contributed by atoms with van der Waals surface area (Å²) in [4.78, 5) is 15.4. The van der Waals surface area contributed by atoms with Gasteiger partial charge in [-0.15, -0.1) is 0 Å². The van der Waals surface area contributed by atoms with Gasteiger partial charge >= 0.3 is 6.03 Å². The lowest BCUT2D eigenvalue weighted by molar-refractivity contribution is 0.194. The van der Waals surface area contributed by atoms with Gasteiger partial charge in [-0.1, -0.05) is 64.0 Å². The van der Waals surface area contributed by atoms with Crippen LogP contribution in [0.4, 0.5) is 14.9 Å². The van der Waals surface area contributed by atoms with Gasteiger partial charge in [0.25, 0.3) is 0 Å². The average molecular weight is 490 g/mol. The molecule has 1 atom stereocenters. The molecule has 1 aliphatic heterocycles. The molecule has 32 heavy (non-hydrogen) atoms. The topological polar surface area (TPSA) is 37.3 Å². The minimum absolute atomic E-state index is 0.147. The molecule has 3 aromatic carbocycles. The highest BCUT2D eigenvalue weighted by atomic mass is 79.9. The lowest BCUT2D eigenvalue weighted by atomic mass is 10.00. The van der Waals surface area contributed by atoms with Gasteiger partial charge in [0, 0.05) is 16.4 Å². The number of benzene rings is 3. The average Bonchev–Trinajstić information content (AvgIpc) is 3.20. The maximum atomic E-state index is 14.5. The van der Waals surface area contributed by atoms with Crippen LogP contribution in [0.15, 0.2) is 89.5 Å². The van der Waals surface area contributed by atoms with Crippen LogP contribution in [0.3, 0.4) is 0 Å².